The maximum atomic E-state index is 12.8. The lowest BCUT2D eigenvalue weighted by Gasteiger charge is -2.34. The first-order valence-corrected chi connectivity index (χ1v) is 10.1. The summed E-state index contributed by atoms with van der Waals surface area (Å²) in [5, 5.41) is 3.50. The molecule has 1 atom stereocenters. The SMILES string of the molecule is CN(CCOc1cccc(Cl)c1)C(=O)C1CCCN(C(=O)Nc2ccccc2)C1. The van der Waals surface area contributed by atoms with Crippen LogP contribution in [0.3, 0.4) is 0 Å². The van der Waals surface area contributed by atoms with Crippen LogP contribution in [0, 0.1) is 5.92 Å². The van der Waals surface area contributed by atoms with Crippen LogP contribution in [0.15, 0.2) is 54.6 Å². The average Bonchev–Trinajstić information content (AvgIpc) is 2.74. The summed E-state index contributed by atoms with van der Waals surface area (Å²) in [5.74, 6) is 0.526. The molecule has 3 rings (SSSR count). The van der Waals surface area contributed by atoms with E-state index in [4.69, 9.17) is 16.3 Å². The number of carbonyl (C=O) groups is 2. The molecule has 2 aromatic carbocycles. The van der Waals surface area contributed by atoms with Crippen molar-refractivity contribution in [3.05, 3.63) is 59.6 Å². The molecule has 1 aliphatic rings. The second kappa shape index (κ2) is 10.2. The summed E-state index contributed by atoms with van der Waals surface area (Å²) in [6, 6.07) is 16.4. The Balaban J connectivity index is 1.47. The summed E-state index contributed by atoms with van der Waals surface area (Å²) in [6.07, 6.45) is 1.60. The molecule has 0 spiro atoms. The van der Waals surface area contributed by atoms with Crippen molar-refractivity contribution in [2.24, 2.45) is 5.92 Å². The molecule has 0 aliphatic carbocycles. The number of hydrogen-bond donors (Lipinski definition) is 1. The quantitative estimate of drug-likeness (QED) is 0.771. The number of carbonyl (C=O) groups excluding carboxylic acids is 2. The minimum Gasteiger partial charge on any atom is -0.492 e. The Morgan fingerprint density at radius 1 is 1.21 bits per heavy atom. The molecular formula is C22H26ClN3O3. The molecule has 1 saturated heterocycles. The molecule has 1 N–H and O–H groups in total. The van der Waals surface area contributed by atoms with Gasteiger partial charge in [-0.2, -0.15) is 0 Å². The van der Waals surface area contributed by atoms with Gasteiger partial charge in [0.1, 0.15) is 12.4 Å². The third kappa shape index (κ3) is 6.12. The zero-order chi connectivity index (χ0) is 20.6. The van der Waals surface area contributed by atoms with E-state index < -0.39 is 0 Å². The molecule has 0 radical (unpaired) electrons. The van der Waals surface area contributed by atoms with Gasteiger partial charge in [0, 0.05) is 30.8 Å². The van der Waals surface area contributed by atoms with Crippen LogP contribution in [0.1, 0.15) is 12.8 Å². The molecule has 0 bridgehead atoms. The fourth-order valence-electron chi connectivity index (χ4n) is 3.37. The van der Waals surface area contributed by atoms with Crippen molar-refractivity contribution >= 4 is 29.2 Å². The minimum atomic E-state index is -0.193. The van der Waals surface area contributed by atoms with Crippen LogP contribution >= 0.6 is 11.6 Å². The standard InChI is InChI=1S/C22H26ClN3O3/c1-25(13-14-29-20-11-5-8-18(23)15-20)21(27)17-7-6-12-26(16-17)22(28)24-19-9-3-2-4-10-19/h2-5,8-11,15,17H,6-7,12-14,16H2,1H3,(H,24,28). The monoisotopic (exact) mass is 415 g/mol. The molecule has 0 saturated carbocycles. The van der Waals surface area contributed by atoms with Crippen molar-refractivity contribution in [1.82, 2.24) is 9.80 Å². The second-order valence-electron chi connectivity index (χ2n) is 7.15. The number of ether oxygens (including phenoxy) is 1. The lowest BCUT2D eigenvalue weighted by molar-refractivity contribution is -0.135. The number of para-hydroxylation sites is 1. The van der Waals surface area contributed by atoms with E-state index in [-0.39, 0.29) is 17.9 Å². The molecule has 6 nitrogen and oxygen atoms in total. The van der Waals surface area contributed by atoms with E-state index in [9.17, 15) is 9.59 Å². The van der Waals surface area contributed by atoms with Crippen molar-refractivity contribution in [3.63, 3.8) is 0 Å². The molecular weight excluding hydrogens is 390 g/mol. The number of rotatable bonds is 6. The fourth-order valence-corrected chi connectivity index (χ4v) is 3.55. The highest BCUT2D eigenvalue weighted by atomic mass is 35.5. The number of amides is 3. The Bertz CT molecular complexity index is 831. The number of halogens is 1. The number of anilines is 1. The Labute approximate surface area is 176 Å². The van der Waals surface area contributed by atoms with Gasteiger partial charge in [0.2, 0.25) is 5.91 Å². The maximum absolute atomic E-state index is 12.8. The molecule has 1 heterocycles. The number of nitrogens with one attached hydrogen (secondary N) is 1. The van der Waals surface area contributed by atoms with Crippen LogP contribution in [0.5, 0.6) is 5.75 Å². The van der Waals surface area contributed by atoms with Crippen LogP contribution in [-0.2, 0) is 4.79 Å². The highest BCUT2D eigenvalue weighted by Gasteiger charge is 2.30. The van der Waals surface area contributed by atoms with E-state index in [1.807, 2.05) is 42.5 Å². The fraction of sp³-hybridized carbons (Fsp3) is 0.364. The first kappa shape index (κ1) is 21.0. The lowest BCUT2D eigenvalue weighted by Crippen LogP contribution is -2.47. The molecule has 2 aromatic rings. The topological polar surface area (TPSA) is 61.9 Å². The molecule has 7 heteroatoms. The average molecular weight is 416 g/mol. The Hall–Kier alpha value is -2.73. The number of nitrogens with zero attached hydrogens (tertiary/aromatic N) is 2. The number of piperidine rings is 1. The van der Waals surface area contributed by atoms with E-state index in [0.717, 1.165) is 18.5 Å². The van der Waals surface area contributed by atoms with Crippen molar-refractivity contribution in [3.8, 4) is 5.75 Å². The van der Waals surface area contributed by atoms with E-state index in [0.29, 0.717) is 37.0 Å². The van der Waals surface area contributed by atoms with E-state index in [1.165, 1.54) is 0 Å². The maximum Gasteiger partial charge on any atom is 0.321 e. The van der Waals surface area contributed by atoms with Gasteiger partial charge in [-0.3, -0.25) is 4.79 Å². The van der Waals surface area contributed by atoms with Crippen molar-refractivity contribution < 1.29 is 14.3 Å². The zero-order valence-electron chi connectivity index (χ0n) is 16.5. The Morgan fingerprint density at radius 2 is 2.00 bits per heavy atom. The summed E-state index contributed by atoms with van der Waals surface area (Å²) < 4.78 is 5.67. The molecule has 0 aromatic heterocycles. The second-order valence-corrected chi connectivity index (χ2v) is 7.58. The number of hydrogen-bond acceptors (Lipinski definition) is 3. The van der Waals surface area contributed by atoms with E-state index >= 15 is 0 Å². The van der Waals surface area contributed by atoms with Gasteiger partial charge < -0.3 is 19.9 Å². The van der Waals surface area contributed by atoms with Gasteiger partial charge >= 0.3 is 6.03 Å². The molecule has 154 valence electrons. The molecule has 1 aliphatic heterocycles. The zero-order valence-corrected chi connectivity index (χ0v) is 17.3. The predicted molar refractivity (Wildman–Crippen MR) is 114 cm³/mol. The first-order chi connectivity index (χ1) is 14.0. The van der Waals surface area contributed by atoms with Gasteiger partial charge in [-0.15, -0.1) is 0 Å². The van der Waals surface area contributed by atoms with Crippen LogP contribution in [-0.4, -0.2) is 55.0 Å². The highest BCUT2D eigenvalue weighted by Crippen LogP contribution is 2.20. The third-order valence-corrected chi connectivity index (χ3v) is 5.19. The normalized spacial score (nSPS) is 16.2. The lowest BCUT2D eigenvalue weighted by atomic mass is 9.97. The Morgan fingerprint density at radius 3 is 2.76 bits per heavy atom. The highest BCUT2D eigenvalue weighted by molar-refractivity contribution is 6.30. The van der Waals surface area contributed by atoms with Crippen molar-refractivity contribution in [2.45, 2.75) is 12.8 Å². The van der Waals surface area contributed by atoms with Gasteiger partial charge in [0.25, 0.3) is 0 Å². The summed E-state index contributed by atoms with van der Waals surface area (Å²) in [6.45, 7) is 1.94. The van der Waals surface area contributed by atoms with Gasteiger partial charge in [-0.1, -0.05) is 35.9 Å². The van der Waals surface area contributed by atoms with Crippen molar-refractivity contribution in [1.29, 1.82) is 0 Å². The van der Waals surface area contributed by atoms with Gasteiger partial charge in [-0.25, -0.2) is 4.79 Å². The number of benzene rings is 2. The van der Waals surface area contributed by atoms with Crippen LogP contribution < -0.4 is 10.1 Å². The van der Waals surface area contributed by atoms with Gasteiger partial charge in [0.05, 0.1) is 12.5 Å². The van der Waals surface area contributed by atoms with Gasteiger partial charge in [0.15, 0.2) is 0 Å². The van der Waals surface area contributed by atoms with E-state index in [1.54, 1.807) is 29.0 Å². The third-order valence-electron chi connectivity index (χ3n) is 4.95. The first-order valence-electron chi connectivity index (χ1n) is 9.77. The van der Waals surface area contributed by atoms with Gasteiger partial charge in [-0.05, 0) is 43.2 Å². The summed E-state index contributed by atoms with van der Waals surface area (Å²) in [5.41, 5.74) is 0.751. The molecule has 3 amide bonds. The van der Waals surface area contributed by atoms with Crippen LogP contribution in [0.2, 0.25) is 5.02 Å². The number of likely N-dealkylation sites (tertiary alicyclic amines) is 1. The minimum absolute atomic E-state index is 0.0388. The molecule has 29 heavy (non-hydrogen) atoms. The molecule has 1 unspecified atom stereocenters. The smallest absolute Gasteiger partial charge is 0.321 e. The van der Waals surface area contributed by atoms with Crippen molar-refractivity contribution in [2.75, 3.05) is 38.6 Å². The summed E-state index contributed by atoms with van der Waals surface area (Å²) in [7, 11) is 1.77. The number of likely N-dealkylation sites (N-methyl/N-ethyl adjacent to an activating group) is 1. The summed E-state index contributed by atoms with van der Waals surface area (Å²) in [4.78, 5) is 28.7. The number of urea groups is 1. The predicted octanol–water partition coefficient (Wildman–Crippen LogP) is 4.12. The van der Waals surface area contributed by atoms with Crippen LogP contribution in [0.4, 0.5) is 10.5 Å². The largest absolute Gasteiger partial charge is 0.492 e. The van der Waals surface area contributed by atoms with Crippen LogP contribution in [0.25, 0.3) is 0 Å². The van der Waals surface area contributed by atoms with E-state index in [2.05, 4.69) is 5.32 Å². The molecule has 1 fully saturated rings. The summed E-state index contributed by atoms with van der Waals surface area (Å²) >= 11 is 5.95. The Kier molecular flexibility index (Phi) is 7.36.